The first kappa shape index (κ1) is 34.7. The molecule has 0 aliphatic rings. The van der Waals surface area contributed by atoms with Gasteiger partial charge in [-0.2, -0.15) is 0 Å². The Kier molecular flexibility index (Phi) is 10.9. The topological polar surface area (TPSA) is 144 Å². The van der Waals surface area contributed by atoms with Crippen LogP contribution in [0, 0.1) is 3.57 Å². The number of aromatic hydroxyl groups is 1. The third-order valence-electron chi connectivity index (χ3n) is 7.25. The van der Waals surface area contributed by atoms with Crippen molar-refractivity contribution in [3.05, 3.63) is 80.6 Å². The average Bonchev–Trinajstić information content (AvgIpc) is 3.66. The lowest BCUT2D eigenvalue weighted by Crippen LogP contribution is -2.26. The van der Waals surface area contributed by atoms with Crippen molar-refractivity contribution in [3.63, 3.8) is 0 Å². The largest absolute Gasteiger partial charge is 0.507 e. The third kappa shape index (κ3) is 8.74. The molecule has 0 aliphatic carbocycles. The lowest BCUT2D eigenvalue weighted by atomic mass is 9.78. The first-order chi connectivity index (χ1) is 21.7. The number of carbonyl (C=O) groups excluding carboxylic acids is 2. The number of benzene rings is 2. The SMILES string of the molecule is COc1ccc(-c2ocnc2C(=O)NCCCn2cc(CNC(=O)/C=C/c3cc(C(C)(C)C)c(O)c(C(C)(C)C)c3)nn2)cc1I. The summed E-state index contributed by atoms with van der Waals surface area (Å²) >= 11 is 2.16. The molecule has 0 unspecified atom stereocenters. The van der Waals surface area contributed by atoms with Crippen LogP contribution in [-0.4, -0.2) is 50.6 Å². The average molecular weight is 741 g/mol. The molecule has 3 N–H and O–H groups in total. The van der Waals surface area contributed by atoms with Crippen molar-refractivity contribution in [2.24, 2.45) is 0 Å². The Morgan fingerprint density at radius 1 is 1.07 bits per heavy atom. The molecule has 0 fully saturated rings. The van der Waals surface area contributed by atoms with Crippen molar-refractivity contribution in [2.75, 3.05) is 13.7 Å². The van der Waals surface area contributed by atoms with Crippen LogP contribution in [0.3, 0.4) is 0 Å². The number of halogens is 1. The van der Waals surface area contributed by atoms with E-state index >= 15 is 0 Å². The molecule has 4 aromatic rings. The summed E-state index contributed by atoms with van der Waals surface area (Å²) in [5.41, 5.74) is 3.55. The van der Waals surface area contributed by atoms with Gasteiger partial charge in [-0.3, -0.25) is 14.3 Å². The van der Waals surface area contributed by atoms with Gasteiger partial charge >= 0.3 is 0 Å². The fraction of sp³-hybridized carbons (Fsp3) is 0.382. The number of nitrogens with one attached hydrogen (secondary N) is 2. The summed E-state index contributed by atoms with van der Waals surface area (Å²) < 4.78 is 13.4. The normalized spacial score (nSPS) is 12.0. The Labute approximate surface area is 283 Å². The maximum atomic E-state index is 12.8. The van der Waals surface area contributed by atoms with E-state index in [1.54, 1.807) is 24.1 Å². The number of hydrogen-bond donors (Lipinski definition) is 3. The summed E-state index contributed by atoms with van der Waals surface area (Å²) in [4.78, 5) is 29.5. The lowest BCUT2D eigenvalue weighted by Gasteiger charge is -2.27. The number of amides is 2. The number of phenolic OH excluding ortho intramolecular Hbond substituents is 1. The van der Waals surface area contributed by atoms with Crippen LogP contribution in [0.2, 0.25) is 0 Å². The molecule has 4 rings (SSSR count). The Bertz CT molecular complexity index is 1690. The molecule has 0 spiro atoms. The monoisotopic (exact) mass is 740 g/mol. The molecule has 2 amide bonds. The summed E-state index contributed by atoms with van der Waals surface area (Å²) in [6, 6.07) is 9.36. The summed E-state index contributed by atoms with van der Waals surface area (Å²) in [7, 11) is 1.60. The molecule has 2 aromatic carbocycles. The first-order valence-electron chi connectivity index (χ1n) is 15.0. The Hall–Kier alpha value is -4.20. The van der Waals surface area contributed by atoms with Crippen LogP contribution in [0.1, 0.15) is 80.8 Å². The van der Waals surface area contributed by atoms with Gasteiger partial charge in [0.2, 0.25) is 5.91 Å². The van der Waals surface area contributed by atoms with Crippen LogP contribution in [0.25, 0.3) is 17.4 Å². The molecule has 2 heterocycles. The Balaban J connectivity index is 1.26. The van der Waals surface area contributed by atoms with Crippen LogP contribution in [0.5, 0.6) is 11.5 Å². The highest BCUT2D eigenvalue weighted by atomic mass is 127. The molecule has 46 heavy (non-hydrogen) atoms. The molecule has 2 aromatic heterocycles. The van der Waals surface area contributed by atoms with Gasteiger partial charge < -0.3 is 24.9 Å². The molecule has 0 bridgehead atoms. The second-order valence-electron chi connectivity index (χ2n) is 13.0. The summed E-state index contributed by atoms with van der Waals surface area (Å²) in [5.74, 6) is 0.831. The quantitative estimate of drug-likeness (QED) is 0.0966. The Morgan fingerprint density at radius 2 is 1.76 bits per heavy atom. The van der Waals surface area contributed by atoms with Crippen molar-refractivity contribution >= 4 is 40.5 Å². The molecule has 12 heteroatoms. The second kappa shape index (κ2) is 14.5. The highest BCUT2D eigenvalue weighted by Gasteiger charge is 2.26. The van der Waals surface area contributed by atoms with E-state index in [1.165, 1.54) is 12.5 Å². The maximum Gasteiger partial charge on any atom is 0.273 e. The molecule has 244 valence electrons. The minimum atomic E-state index is -0.332. The van der Waals surface area contributed by atoms with Gasteiger partial charge in [-0.05, 0) is 81.8 Å². The van der Waals surface area contributed by atoms with E-state index in [2.05, 4.69) is 90.1 Å². The van der Waals surface area contributed by atoms with Crippen LogP contribution >= 0.6 is 22.6 Å². The number of nitrogens with zero attached hydrogens (tertiary/aromatic N) is 4. The highest BCUT2D eigenvalue weighted by Crippen LogP contribution is 2.40. The lowest BCUT2D eigenvalue weighted by molar-refractivity contribution is -0.116. The predicted molar refractivity (Wildman–Crippen MR) is 185 cm³/mol. The second-order valence-corrected chi connectivity index (χ2v) is 14.1. The highest BCUT2D eigenvalue weighted by molar-refractivity contribution is 14.1. The fourth-order valence-corrected chi connectivity index (χ4v) is 5.52. The van der Waals surface area contributed by atoms with E-state index in [-0.39, 0.29) is 34.9 Å². The van der Waals surface area contributed by atoms with Crippen LogP contribution < -0.4 is 15.4 Å². The van der Waals surface area contributed by atoms with E-state index in [9.17, 15) is 14.7 Å². The molecule has 0 atom stereocenters. The molecular formula is C34H41IN6O5. The fourth-order valence-electron chi connectivity index (χ4n) is 4.78. The summed E-state index contributed by atoms with van der Waals surface area (Å²) in [6.45, 7) is 13.5. The zero-order valence-electron chi connectivity index (χ0n) is 27.3. The smallest absolute Gasteiger partial charge is 0.273 e. The van der Waals surface area contributed by atoms with E-state index in [4.69, 9.17) is 9.15 Å². The molecule has 0 saturated heterocycles. The number of hydrogen-bond acceptors (Lipinski definition) is 8. The maximum absolute atomic E-state index is 12.8. The number of ether oxygens (including phenoxy) is 1. The number of rotatable bonds is 11. The molecular weight excluding hydrogens is 699 g/mol. The zero-order valence-corrected chi connectivity index (χ0v) is 29.4. The summed E-state index contributed by atoms with van der Waals surface area (Å²) in [5, 5.41) is 24.9. The molecule has 0 radical (unpaired) electrons. The van der Waals surface area contributed by atoms with Gasteiger partial charge in [-0.25, -0.2) is 4.98 Å². The van der Waals surface area contributed by atoms with Gasteiger partial charge in [-0.1, -0.05) is 46.8 Å². The zero-order chi connectivity index (χ0) is 33.6. The van der Waals surface area contributed by atoms with Gasteiger partial charge in [0.15, 0.2) is 17.8 Å². The van der Waals surface area contributed by atoms with Crippen molar-refractivity contribution in [3.8, 4) is 22.8 Å². The number of carbonyl (C=O) groups is 2. The van der Waals surface area contributed by atoms with Crippen molar-refractivity contribution in [1.29, 1.82) is 0 Å². The Morgan fingerprint density at radius 3 is 2.39 bits per heavy atom. The van der Waals surface area contributed by atoms with Gasteiger partial charge in [0, 0.05) is 35.9 Å². The molecule has 0 saturated carbocycles. The number of phenols is 1. The number of methoxy groups -OCH3 is 1. The van der Waals surface area contributed by atoms with E-state index in [0.717, 1.165) is 31.6 Å². The number of oxazole rings is 1. The molecule has 11 nitrogen and oxygen atoms in total. The van der Waals surface area contributed by atoms with Crippen LogP contribution in [0.4, 0.5) is 0 Å². The van der Waals surface area contributed by atoms with Crippen molar-refractivity contribution < 1.29 is 23.8 Å². The number of aromatic nitrogens is 4. The van der Waals surface area contributed by atoms with E-state index < -0.39 is 0 Å². The van der Waals surface area contributed by atoms with E-state index in [1.807, 2.05) is 30.3 Å². The van der Waals surface area contributed by atoms with Gasteiger partial charge in [0.25, 0.3) is 5.91 Å². The van der Waals surface area contributed by atoms with E-state index in [0.29, 0.717) is 36.7 Å². The summed E-state index contributed by atoms with van der Waals surface area (Å²) in [6.07, 6.45) is 6.86. The number of aryl methyl sites for hydroxylation is 1. The van der Waals surface area contributed by atoms with Crippen LogP contribution in [0.15, 0.2) is 53.4 Å². The van der Waals surface area contributed by atoms with Gasteiger partial charge in [0.05, 0.1) is 23.4 Å². The van der Waals surface area contributed by atoms with Gasteiger partial charge in [0.1, 0.15) is 17.2 Å². The van der Waals surface area contributed by atoms with Gasteiger partial charge in [-0.15, -0.1) is 5.10 Å². The van der Waals surface area contributed by atoms with Crippen LogP contribution in [-0.2, 0) is 28.7 Å². The molecule has 0 aliphatic heterocycles. The predicted octanol–water partition coefficient (Wildman–Crippen LogP) is 6.00. The van der Waals surface area contributed by atoms with Crippen molar-refractivity contribution in [2.45, 2.75) is 71.9 Å². The van der Waals surface area contributed by atoms with Crippen molar-refractivity contribution in [1.82, 2.24) is 30.6 Å². The third-order valence-corrected chi connectivity index (χ3v) is 8.09. The standard InChI is InChI=1S/C34H41IN6O5/c1-33(2,3)24-15-21(16-25(30(24)43)34(4,5)6)9-12-28(42)37-18-23-19-41(40-39-23)14-8-13-36-32(44)29-31(46-20-38-29)22-10-11-27(45-7)26(35)17-22/h9-12,15-17,19-20,43H,8,13-14,18H2,1-7H3,(H,36,44)(H,37,42)/b12-9+. The minimum absolute atomic E-state index is 0.212. The minimum Gasteiger partial charge on any atom is -0.507 e. The first-order valence-corrected chi connectivity index (χ1v) is 16.0.